The van der Waals surface area contributed by atoms with Crippen LogP contribution in [0, 0.1) is 12.3 Å². The van der Waals surface area contributed by atoms with Gasteiger partial charge in [-0.25, -0.2) is 0 Å². The molecular weight excluding hydrogens is 162 g/mol. The highest BCUT2D eigenvalue weighted by Gasteiger charge is 1.97. The van der Waals surface area contributed by atoms with Gasteiger partial charge in [-0.05, 0) is 6.42 Å². The number of amides is 1. The van der Waals surface area contributed by atoms with Crippen LogP contribution in [0.1, 0.15) is 19.3 Å². The smallest absolute Gasteiger partial charge is 0.220 e. The van der Waals surface area contributed by atoms with Gasteiger partial charge in [0, 0.05) is 25.3 Å². The Labute approximate surface area is 72.3 Å². The predicted molar refractivity (Wildman–Crippen MR) is 46.4 cm³/mol. The maximum atomic E-state index is 10.8. The fourth-order valence-corrected chi connectivity index (χ4v) is 0.721. The van der Waals surface area contributed by atoms with Crippen molar-refractivity contribution in [2.45, 2.75) is 19.3 Å². The van der Waals surface area contributed by atoms with Crippen molar-refractivity contribution in [3.63, 3.8) is 0 Å². The second-order valence-corrected chi connectivity index (χ2v) is 2.47. The molecule has 0 aliphatic carbocycles. The molecule has 2 nitrogen and oxygen atoms in total. The van der Waals surface area contributed by atoms with Crippen LogP contribution in [0.2, 0.25) is 0 Å². The molecule has 0 radical (unpaired) electrons. The largest absolute Gasteiger partial charge is 0.355 e. The van der Waals surface area contributed by atoms with Gasteiger partial charge in [-0.3, -0.25) is 4.79 Å². The average Bonchev–Trinajstić information content (AvgIpc) is 2.01. The van der Waals surface area contributed by atoms with E-state index in [2.05, 4.69) is 11.2 Å². The SMILES string of the molecule is C#CCCCC(=O)NCCCl. The average molecular weight is 174 g/mol. The third-order valence-electron chi connectivity index (χ3n) is 1.14. The summed E-state index contributed by atoms with van der Waals surface area (Å²) in [5.74, 6) is 2.96. The van der Waals surface area contributed by atoms with E-state index < -0.39 is 0 Å². The Morgan fingerprint density at radius 1 is 1.64 bits per heavy atom. The molecule has 62 valence electrons. The van der Waals surface area contributed by atoms with E-state index in [1.807, 2.05) is 0 Å². The van der Waals surface area contributed by atoms with E-state index in [-0.39, 0.29) is 5.91 Å². The lowest BCUT2D eigenvalue weighted by molar-refractivity contribution is -0.121. The number of hydrogen-bond acceptors (Lipinski definition) is 1. The van der Waals surface area contributed by atoms with Gasteiger partial charge >= 0.3 is 0 Å². The molecule has 0 bridgehead atoms. The fourth-order valence-electron chi connectivity index (χ4n) is 0.626. The van der Waals surface area contributed by atoms with Crippen LogP contribution in [-0.2, 0) is 4.79 Å². The molecule has 0 aromatic rings. The molecule has 1 N–H and O–H groups in total. The van der Waals surface area contributed by atoms with Crippen LogP contribution >= 0.6 is 11.6 Å². The molecule has 0 saturated carbocycles. The standard InChI is InChI=1S/C8H12ClNO/c1-2-3-4-5-8(11)10-7-6-9/h1H,3-7H2,(H,10,11). The maximum Gasteiger partial charge on any atom is 0.220 e. The number of unbranched alkanes of at least 4 members (excludes halogenated alkanes) is 1. The van der Waals surface area contributed by atoms with Crippen molar-refractivity contribution in [2.75, 3.05) is 12.4 Å². The summed E-state index contributed by atoms with van der Waals surface area (Å²) in [6.45, 7) is 0.538. The maximum absolute atomic E-state index is 10.8. The van der Waals surface area contributed by atoms with E-state index >= 15 is 0 Å². The van der Waals surface area contributed by atoms with Gasteiger partial charge in [-0.15, -0.1) is 23.9 Å². The lowest BCUT2D eigenvalue weighted by atomic mass is 10.2. The van der Waals surface area contributed by atoms with Crippen molar-refractivity contribution < 1.29 is 4.79 Å². The lowest BCUT2D eigenvalue weighted by Crippen LogP contribution is -2.24. The second kappa shape index (κ2) is 7.43. The zero-order chi connectivity index (χ0) is 8.53. The van der Waals surface area contributed by atoms with E-state index in [1.54, 1.807) is 0 Å². The summed E-state index contributed by atoms with van der Waals surface area (Å²) < 4.78 is 0. The Bertz CT molecular complexity index is 151. The Hall–Kier alpha value is -0.680. The number of terminal acetylenes is 1. The number of carbonyl (C=O) groups excluding carboxylic acids is 1. The van der Waals surface area contributed by atoms with Gasteiger partial charge in [0.1, 0.15) is 0 Å². The summed E-state index contributed by atoms with van der Waals surface area (Å²) in [6, 6.07) is 0. The third kappa shape index (κ3) is 7.21. The van der Waals surface area contributed by atoms with E-state index in [0.29, 0.717) is 25.3 Å². The second-order valence-electron chi connectivity index (χ2n) is 2.10. The van der Waals surface area contributed by atoms with Crippen LogP contribution < -0.4 is 5.32 Å². The highest BCUT2D eigenvalue weighted by atomic mass is 35.5. The Balaban J connectivity index is 3.17. The molecular formula is C8H12ClNO. The van der Waals surface area contributed by atoms with Crippen LogP contribution in [0.25, 0.3) is 0 Å². The first-order valence-corrected chi connectivity index (χ1v) is 4.11. The van der Waals surface area contributed by atoms with Crippen LogP contribution in [0.5, 0.6) is 0 Å². The van der Waals surface area contributed by atoms with Gasteiger partial charge in [0.05, 0.1) is 0 Å². The molecule has 0 spiro atoms. The van der Waals surface area contributed by atoms with E-state index in [1.165, 1.54) is 0 Å². The third-order valence-corrected chi connectivity index (χ3v) is 1.33. The molecule has 0 unspecified atom stereocenters. The van der Waals surface area contributed by atoms with E-state index in [0.717, 1.165) is 6.42 Å². The van der Waals surface area contributed by atoms with Crippen LogP contribution in [0.15, 0.2) is 0 Å². The van der Waals surface area contributed by atoms with E-state index in [9.17, 15) is 4.79 Å². The quantitative estimate of drug-likeness (QED) is 0.377. The Morgan fingerprint density at radius 3 is 2.91 bits per heavy atom. The zero-order valence-corrected chi connectivity index (χ0v) is 7.16. The van der Waals surface area contributed by atoms with Crippen LogP contribution in [0.3, 0.4) is 0 Å². The summed E-state index contributed by atoms with van der Waals surface area (Å²) in [5, 5.41) is 2.65. The van der Waals surface area contributed by atoms with Crippen molar-refractivity contribution in [3.8, 4) is 12.3 Å². The minimum absolute atomic E-state index is 0.0286. The molecule has 11 heavy (non-hydrogen) atoms. The molecule has 0 aliphatic heterocycles. The number of alkyl halides is 1. The molecule has 0 aromatic carbocycles. The molecule has 3 heteroatoms. The molecule has 0 heterocycles. The highest BCUT2D eigenvalue weighted by molar-refractivity contribution is 6.18. The van der Waals surface area contributed by atoms with Crippen LogP contribution in [0.4, 0.5) is 0 Å². The van der Waals surface area contributed by atoms with Crippen molar-refractivity contribution in [3.05, 3.63) is 0 Å². The van der Waals surface area contributed by atoms with Crippen molar-refractivity contribution in [1.29, 1.82) is 0 Å². The van der Waals surface area contributed by atoms with Gasteiger partial charge in [-0.1, -0.05) is 0 Å². The highest BCUT2D eigenvalue weighted by Crippen LogP contribution is 1.92. The topological polar surface area (TPSA) is 29.1 Å². The number of nitrogens with one attached hydrogen (secondary N) is 1. The van der Waals surface area contributed by atoms with Crippen molar-refractivity contribution in [1.82, 2.24) is 5.32 Å². The molecule has 1 amide bonds. The monoisotopic (exact) mass is 173 g/mol. The zero-order valence-electron chi connectivity index (χ0n) is 6.40. The Morgan fingerprint density at radius 2 is 2.36 bits per heavy atom. The summed E-state index contributed by atoms with van der Waals surface area (Å²) in [4.78, 5) is 10.8. The summed E-state index contributed by atoms with van der Waals surface area (Å²) in [5.41, 5.74) is 0. The number of rotatable bonds is 5. The molecule has 0 atom stereocenters. The van der Waals surface area contributed by atoms with Gasteiger partial charge in [0.25, 0.3) is 0 Å². The minimum Gasteiger partial charge on any atom is -0.355 e. The molecule has 0 saturated heterocycles. The van der Waals surface area contributed by atoms with Crippen molar-refractivity contribution in [2.24, 2.45) is 0 Å². The molecule has 0 fully saturated rings. The fraction of sp³-hybridized carbons (Fsp3) is 0.625. The number of halogens is 1. The van der Waals surface area contributed by atoms with Gasteiger partial charge < -0.3 is 5.32 Å². The first-order valence-electron chi connectivity index (χ1n) is 3.57. The van der Waals surface area contributed by atoms with Gasteiger partial charge in [0.2, 0.25) is 5.91 Å². The lowest BCUT2D eigenvalue weighted by Gasteiger charge is -1.99. The van der Waals surface area contributed by atoms with E-state index in [4.69, 9.17) is 18.0 Å². The molecule has 0 aromatic heterocycles. The molecule has 0 rings (SSSR count). The summed E-state index contributed by atoms with van der Waals surface area (Å²) in [7, 11) is 0. The molecule has 0 aliphatic rings. The number of carbonyl (C=O) groups is 1. The first kappa shape index (κ1) is 10.3. The van der Waals surface area contributed by atoms with Crippen LogP contribution in [-0.4, -0.2) is 18.3 Å². The normalized spacial score (nSPS) is 8.73. The van der Waals surface area contributed by atoms with Gasteiger partial charge in [-0.2, -0.15) is 0 Å². The summed E-state index contributed by atoms with van der Waals surface area (Å²) in [6.07, 6.45) is 6.93. The van der Waals surface area contributed by atoms with Gasteiger partial charge in [0.15, 0.2) is 0 Å². The predicted octanol–water partition coefficient (Wildman–Crippen LogP) is 1.14. The first-order chi connectivity index (χ1) is 5.31. The minimum atomic E-state index is 0.0286. The number of hydrogen-bond donors (Lipinski definition) is 1. The van der Waals surface area contributed by atoms with Crippen molar-refractivity contribution >= 4 is 17.5 Å². The summed E-state index contributed by atoms with van der Waals surface area (Å²) >= 11 is 5.36. The Kier molecular flexibility index (Phi) is 6.97.